The van der Waals surface area contributed by atoms with Crippen LogP contribution in [0.2, 0.25) is 0 Å². The fourth-order valence-corrected chi connectivity index (χ4v) is 2.08. The van der Waals surface area contributed by atoms with E-state index in [0.717, 1.165) is 19.3 Å². The molecule has 0 aliphatic rings. The van der Waals surface area contributed by atoms with E-state index in [1.54, 1.807) is 0 Å². The maximum absolute atomic E-state index is 11.6. The molecular formula is C14H28O2. The van der Waals surface area contributed by atoms with Gasteiger partial charge in [-0.1, -0.05) is 48.0 Å². The van der Waals surface area contributed by atoms with Gasteiger partial charge in [-0.25, -0.2) is 0 Å². The van der Waals surface area contributed by atoms with Crippen molar-refractivity contribution in [3.63, 3.8) is 0 Å². The summed E-state index contributed by atoms with van der Waals surface area (Å²) in [5.41, 5.74) is -0.744. The molecule has 0 saturated carbocycles. The summed E-state index contributed by atoms with van der Waals surface area (Å²) in [5, 5.41) is 9.56. The Labute approximate surface area is 100 Å². The van der Waals surface area contributed by atoms with Crippen LogP contribution >= 0.6 is 0 Å². The van der Waals surface area contributed by atoms with Crippen LogP contribution in [0.5, 0.6) is 0 Å². The van der Waals surface area contributed by atoms with Crippen LogP contribution in [-0.2, 0) is 4.79 Å². The van der Waals surface area contributed by atoms with E-state index in [4.69, 9.17) is 0 Å². The second-order valence-corrected chi connectivity index (χ2v) is 6.57. The van der Waals surface area contributed by atoms with E-state index in [1.807, 2.05) is 6.92 Å². The van der Waals surface area contributed by atoms with Gasteiger partial charge in [0.1, 0.15) is 0 Å². The van der Waals surface area contributed by atoms with Crippen molar-refractivity contribution in [3.05, 3.63) is 0 Å². The van der Waals surface area contributed by atoms with E-state index in [-0.39, 0.29) is 10.8 Å². The third-order valence-electron chi connectivity index (χ3n) is 4.64. The molecule has 0 fully saturated rings. The molecule has 0 amide bonds. The SMILES string of the molecule is CCC(C)(C)CC(C)(C(=O)O)C(C)(C)CC. The maximum atomic E-state index is 11.6. The van der Waals surface area contributed by atoms with E-state index < -0.39 is 11.4 Å². The largest absolute Gasteiger partial charge is 0.481 e. The smallest absolute Gasteiger partial charge is 0.309 e. The Morgan fingerprint density at radius 2 is 1.44 bits per heavy atom. The molecule has 0 aromatic heterocycles. The molecule has 0 heterocycles. The summed E-state index contributed by atoms with van der Waals surface area (Å²) in [4.78, 5) is 11.6. The minimum Gasteiger partial charge on any atom is -0.481 e. The summed E-state index contributed by atoms with van der Waals surface area (Å²) >= 11 is 0. The fraction of sp³-hybridized carbons (Fsp3) is 0.929. The number of carboxylic acids is 1. The molecule has 1 N–H and O–H groups in total. The summed E-state index contributed by atoms with van der Waals surface area (Å²) in [5.74, 6) is -0.666. The normalized spacial score (nSPS) is 16.9. The molecular weight excluding hydrogens is 200 g/mol. The summed E-state index contributed by atoms with van der Waals surface area (Å²) < 4.78 is 0. The molecule has 2 nitrogen and oxygen atoms in total. The van der Waals surface area contributed by atoms with Gasteiger partial charge in [-0.2, -0.15) is 0 Å². The lowest BCUT2D eigenvalue weighted by Gasteiger charge is -2.44. The maximum Gasteiger partial charge on any atom is 0.309 e. The number of hydrogen-bond donors (Lipinski definition) is 1. The van der Waals surface area contributed by atoms with Crippen LogP contribution in [0.3, 0.4) is 0 Å². The summed E-state index contributed by atoms with van der Waals surface area (Å²) in [6, 6.07) is 0. The van der Waals surface area contributed by atoms with Crippen LogP contribution in [0.4, 0.5) is 0 Å². The van der Waals surface area contributed by atoms with Crippen LogP contribution in [0.1, 0.15) is 67.7 Å². The van der Waals surface area contributed by atoms with Gasteiger partial charge in [0.2, 0.25) is 0 Å². The van der Waals surface area contributed by atoms with Crippen molar-refractivity contribution < 1.29 is 9.90 Å². The lowest BCUT2D eigenvalue weighted by molar-refractivity contribution is -0.159. The highest BCUT2D eigenvalue weighted by Crippen LogP contribution is 2.49. The van der Waals surface area contributed by atoms with Gasteiger partial charge in [-0.15, -0.1) is 0 Å². The second-order valence-electron chi connectivity index (χ2n) is 6.57. The van der Waals surface area contributed by atoms with Crippen LogP contribution in [0.25, 0.3) is 0 Å². The summed E-state index contributed by atoms with van der Waals surface area (Å²) in [6.45, 7) is 14.5. The Kier molecular flexibility index (Phi) is 4.61. The van der Waals surface area contributed by atoms with Crippen LogP contribution < -0.4 is 0 Å². The van der Waals surface area contributed by atoms with Crippen LogP contribution in [-0.4, -0.2) is 11.1 Å². The standard InChI is InChI=1S/C14H28O2/c1-8-12(3,4)10-14(7,11(15)16)13(5,6)9-2/h8-10H2,1-7H3,(H,15,16). The summed E-state index contributed by atoms with van der Waals surface area (Å²) in [7, 11) is 0. The van der Waals surface area contributed by atoms with E-state index in [2.05, 4.69) is 41.5 Å². The molecule has 0 saturated heterocycles. The van der Waals surface area contributed by atoms with Gasteiger partial charge >= 0.3 is 5.97 Å². The first kappa shape index (κ1) is 15.5. The van der Waals surface area contributed by atoms with E-state index >= 15 is 0 Å². The number of hydrogen-bond acceptors (Lipinski definition) is 1. The predicted molar refractivity (Wildman–Crippen MR) is 68.5 cm³/mol. The molecule has 0 aliphatic carbocycles. The first-order valence-corrected chi connectivity index (χ1v) is 6.26. The van der Waals surface area contributed by atoms with Crippen molar-refractivity contribution in [2.75, 3.05) is 0 Å². The van der Waals surface area contributed by atoms with Crippen LogP contribution in [0, 0.1) is 16.2 Å². The monoisotopic (exact) mass is 228 g/mol. The van der Waals surface area contributed by atoms with Gasteiger partial charge in [0, 0.05) is 0 Å². The van der Waals surface area contributed by atoms with Gasteiger partial charge in [-0.05, 0) is 30.6 Å². The van der Waals surface area contributed by atoms with Crippen molar-refractivity contribution in [1.29, 1.82) is 0 Å². The Morgan fingerprint density at radius 1 is 1.00 bits per heavy atom. The zero-order chi connectivity index (χ0) is 13.2. The Morgan fingerprint density at radius 3 is 1.69 bits per heavy atom. The lowest BCUT2D eigenvalue weighted by atomic mass is 9.59. The number of carbonyl (C=O) groups is 1. The van der Waals surface area contributed by atoms with Crippen molar-refractivity contribution in [1.82, 2.24) is 0 Å². The van der Waals surface area contributed by atoms with Crippen molar-refractivity contribution in [3.8, 4) is 0 Å². The average Bonchev–Trinajstić information content (AvgIpc) is 2.16. The van der Waals surface area contributed by atoms with Gasteiger partial charge < -0.3 is 5.11 Å². The van der Waals surface area contributed by atoms with Gasteiger partial charge in [0.15, 0.2) is 0 Å². The van der Waals surface area contributed by atoms with Crippen molar-refractivity contribution in [2.24, 2.45) is 16.2 Å². The first-order valence-electron chi connectivity index (χ1n) is 6.26. The highest BCUT2D eigenvalue weighted by molar-refractivity contribution is 5.75. The molecule has 0 rings (SSSR count). The Balaban J connectivity index is 5.23. The van der Waals surface area contributed by atoms with E-state index in [9.17, 15) is 9.90 Å². The second kappa shape index (κ2) is 4.77. The van der Waals surface area contributed by atoms with Crippen molar-refractivity contribution >= 4 is 5.97 Å². The topological polar surface area (TPSA) is 37.3 Å². The van der Waals surface area contributed by atoms with Gasteiger partial charge in [-0.3, -0.25) is 4.79 Å². The minimum atomic E-state index is -0.666. The van der Waals surface area contributed by atoms with Crippen molar-refractivity contribution in [2.45, 2.75) is 67.7 Å². The molecule has 1 unspecified atom stereocenters. The molecule has 0 bridgehead atoms. The third-order valence-corrected chi connectivity index (χ3v) is 4.64. The number of rotatable bonds is 6. The molecule has 0 aromatic rings. The quantitative estimate of drug-likeness (QED) is 0.734. The molecule has 0 aliphatic heterocycles. The molecule has 16 heavy (non-hydrogen) atoms. The van der Waals surface area contributed by atoms with Gasteiger partial charge in [0.05, 0.1) is 5.41 Å². The molecule has 2 heteroatoms. The molecule has 0 radical (unpaired) electrons. The minimum absolute atomic E-state index is 0.0829. The highest BCUT2D eigenvalue weighted by atomic mass is 16.4. The third kappa shape index (κ3) is 2.99. The molecule has 1 atom stereocenters. The predicted octanol–water partition coefficient (Wildman–Crippen LogP) is 4.34. The zero-order valence-corrected chi connectivity index (χ0v) is 12.0. The number of carboxylic acid groups (broad SMARTS) is 1. The van der Waals surface area contributed by atoms with E-state index in [1.165, 1.54) is 0 Å². The molecule has 0 aromatic carbocycles. The van der Waals surface area contributed by atoms with Crippen LogP contribution in [0.15, 0.2) is 0 Å². The average molecular weight is 228 g/mol. The number of aliphatic carboxylic acids is 1. The fourth-order valence-electron chi connectivity index (χ4n) is 2.08. The zero-order valence-electron chi connectivity index (χ0n) is 12.0. The lowest BCUT2D eigenvalue weighted by Crippen LogP contribution is -2.44. The Hall–Kier alpha value is -0.530. The highest BCUT2D eigenvalue weighted by Gasteiger charge is 2.48. The molecule has 96 valence electrons. The van der Waals surface area contributed by atoms with E-state index in [0.29, 0.717) is 0 Å². The first-order chi connectivity index (χ1) is 7.02. The van der Waals surface area contributed by atoms with Gasteiger partial charge in [0.25, 0.3) is 0 Å². The molecule has 0 spiro atoms. The summed E-state index contributed by atoms with van der Waals surface area (Å²) in [6.07, 6.45) is 2.62. The Bertz CT molecular complexity index is 253.